The third-order valence-corrected chi connectivity index (χ3v) is 0.412. The quantitative estimate of drug-likeness (QED) is 0.401. The summed E-state index contributed by atoms with van der Waals surface area (Å²) in [6, 6.07) is 0. The van der Waals surface area contributed by atoms with Crippen LogP contribution in [0.4, 0.5) is 0 Å². The van der Waals surface area contributed by atoms with Gasteiger partial charge in [0.1, 0.15) is 0 Å². The van der Waals surface area contributed by atoms with Gasteiger partial charge in [-0.3, -0.25) is 0 Å². The smallest absolute Gasteiger partial charge is 0.362 e. The first kappa shape index (κ1) is 10.7. The molecule has 7 heavy (non-hydrogen) atoms. The van der Waals surface area contributed by atoms with E-state index in [4.69, 9.17) is 9.79 Å². The maximum Gasteiger partial charge on any atom is 0.454 e. The molecular formula is H2BO4PZn. The van der Waals surface area contributed by atoms with Gasteiger partial charge in [0.2, 0.25) is 0 Å². The Hall–Kier alpha value is 0.798. The predicted molar refractivity (Wildman–Crippen MR) is 18.9 cm³/mol. The van der Waals surface area contributed by atoms with E-state index in [1.165, 1.54) is 0 Å². The van der Waals surface area contributed by atoms with Gasteiger partial charge in [0.25, 0.3) is 8.05 Å². The number of phosphoric acid groups is 1. The molecule has 0 aliphatic heterocycles. The Labute approximate surface area is 54.7 Å². The largest absolute Gasteiger partial charge is 0.454 e. The molecular weight excluding hydrogens is 171 g/mol. The van der Waals surface area contributed by atoms with Gasteiger partial charge in [0.05, 0.1) is 0 Å². The Kier molecular flexibility index (Phi) is 5.76. The monoisotopic (exact) mass is 172 g/mol. The van der Waals surface area contributed by atoms with E-state index in [9.17, 15) is 4.57 Å². The molecule has 0 spiro atoms. The summed E-state index contributed by atoms with van der Waals surface area (Å²) in [6.07, 6.45) is 0. The van der Waals surface area contributed by atoms with Gasteiger partial charge >= 0.3 is 7.82 Å². The first-order valence-electron chi connectivity index (χ1n) is 1.00. The van der Waals surface area contributed by atoms with E-state index >= 15 is 0 Å². The van der Waals surface area contributed by atoms with Crippen LogP contribution in [-0.4, -0.2) is 17.8 Å². The molecule has 0 heterocycles. The fourth-order valence-electron chi connectivity index (χ4n) is 0. The molecule has 0 saturated heterocycles. The molecule has 2 N–H and O–H groups in total. The van der Waals surface area contributed by atoms with Crippen LogP contribution in [0.1, 0.15) is 0 Å². The van der Waals surface area contributed by atoms with Crippen molar-refractivity contribution in [2.75, 3.05) is 0 Å². The van der Waals surface area contributed by atoms with Gasteiger partial charge in [-0.2, -0.15) is 0 Å². The van der Waals surface area contributed by atoms with Crippen molar-refractivity contribution in [2.24, 2.45) is 0 Å². The summed E-state index contributed by atoms with van der Waals surface area (Å²) in [5.74, 6) is 0. The zero-order chi connectivity index (χ0) is 5.21. The molecule has 0 aromatic heterocycles. The fourth-order valence-corrected chi connectivity index (χ4v) is 0. The van der Waals surface area contributed by atoms with Gasteiger partial charge in [-0.1, -0.05) is 0 Å². The maximum absolute atomic E-state index is 9.35. The summed E-state index contributed by atoms with van der Waals surface area (Å²) < 4.78 is 12.5. The van der Waals surface area contributed by atoms with Gasteiger partial charge in [0.15, 0.2) is 0 Å². The van der Waals surface area contributed by atoms with Crippen LogP contribution >= 0.6 is 7.82 Å². The van der Waals surface area contributed by atoms with Crippen molar-refractivity contribution in [3.63, 3.8) is 0 Å². The third kappa shape index (κ3) is 10.8. The molecule has 0 bridgehead atoms. The molecule has 0 unspecified atom stereocenters. The van der Waals surface area contributed by atoms with E-state index < -0.39 is 7.82 Å². The van der Waals surface area contributed by atoms with Crippen molar-refractivity contribution in [2.45, 2.75) is 0 Å². The molecule has 0 rings (SSSR count). The first-order valence-corrected chi connectivity index (χ1v) is 2.53. The number of hydrogen-bond acceptors (Lipinski definition) is 2. The van der Waals surface area contributed by atoms with E-state index in [1.807, 2.05) is 0 Å². The summed E-state index contributed by atoms with van der Waals surface area (Å²) >= 11 is 0. The molecule has 0 aromatic carbocycles. The van der Waals surface area contributed by atoms with Crippen LogP contribution in [0.3, 0.4) is 0 Å². The molecule has 4 nitrogen and oxygen atoms in total. The Morgan fingerprint density at radius 2 is 1.71 bits per heavy atom. The van der Waals surface area contributed by atoms with Crippen LogP contribution < -0.4 is 0 Å². The van der Waals surface area contributed by atoms with Crippen LogP contribution in [-0.2, 0) is 28.5 Å². The third-order valence-electron chi connectivity index (χ3n) is 0.137. The standard InChI is InChI=1S/BH2O4P.Zn/c1-5-6(2,3)4;/h(H2,2,3,4);. The zero-order valence-electron chi connectivity index (χ0n) is 3.44. The van der Waals surface area contributed by atoms with Gasteiger partial charge in [-0.05, 0) is 0 Å². The molecule has 0 fully saturated rings. The minimum atomic E-state index is -4.37. The topological polar surface area (TPSA) is 66.8 Å². The summed E-state index contributed by atoms with van der Waals surface area (Å²) in [5, 5.41) is 0. The molecule has 0 aromatic rings. The second kappa shape index (κ2) is 3.76. The van der Waals surface area contributed by atoms with E-state index in [2.05, 4.69) is 12.5 Å². The normalized spacial score (nSPS) is 10.0. The van der Waals surface area contributed by atoms with Gasteiger partial charge in [-0.25, -0.2) is 4.57 Å². The second-order valence-electron chi connectivity index (χ2n) is 0.596. The summed E-state index contributed by atoms with van der Waals surface area (Å²) in [5.41, 5.74) is 0. The second-order valence-corrected chi connectivity index (χ2v) is 1.79. The first-order chi connectivity index (χ1) is 2.56. The minimum absolute atomic E-state index is 0. The molecule has 36 valence electrons. The minimum Gasteiger partial charge on any atom is -0.362 e. The average molecular weight is 173 g/mol. The van der Waals surface area contributed by atoms with E-state index in [1.54, 1.807) is 0 Å². The van der Waals surface area contributed by atoms with Crippen molar-refractivity contribution in [3.05, 3.63) is 0 Å². The van der Waals surface area contributed by atoms with Gasteiger partial charge in [0, 0.05) is 19.5 Å². The molecule has 0 aliphatic carbocycles. The van der Waals surface area contributed by atoms with E-state index in [0.717, 1.165) is 0 Å². The van der Waals surface area contributed by atoms with Gasteiger partial charge in [-0.15, -0.1) is 0 Å². The van der Waals surface area contributed by atoms with E-state index in [0.29, 0.717) is 0 Å². The average Bonchev–Trinajstić information content (AvgIpc) is 1.35. The fraction of sp³-hybridized carbons (Fsp3) is 0. The van der Waals surface area contributed by atoms with Crippen molar-refractivity contribution in [3.8, 4) is 0 Å². The van der Waals surface area contributed by atoms with Crippen molar-refractivity contribution >= 4 is 15.9 Å². The van der Waals surface area contributed by atoms with Crippen molar-refractivity contribution < 1.29 is 38.3 Å². The van der Waals surface area contributed by atoms with Crippen LogP contribution in [0.25, 0.3) is 0 Å². The SMILES string of the molecule is [B]OP(=O)(O)O.[Zn]. The summed E-state index contributed by atoms with van der Waals surface area (Å²) in [7, 11) is -0.326. The van der Waals surface area contributed by atoms with Crippen LogP contribution in [0.2, 0.25) is 0 Å². The predicted octanol–water partition coefficient (Wildman–Crippen LogP) is -0.823. The molecule has 0 atom stereocenters. The Balaban J connectivity index is 0. The van der Waals surface area contributed by atoms with E-state index in [-0.39, 0.29) is 19.5 Å². The summed E-state index contributed by atoms with van der Waals surface area (Å²) in [6.45, 7) is 0. The van der Waals surface area contributed by atoms with Gasteiger partial charge < -0.3 is 14.2 Å². The number of rotatable bonds is 1. The molecule has 0 aliphatic rings. The molecule has 7 heteroatoms. The molecule has 0 amide bonds. The Morgan fingerprint density at radius 1 is 1.57 bits per heavy atom. The van der Waals surface area contributed by atoms with Crippen molar-refractivity contribution in [1.29, 1.82) is 0 Å². The van der Waals surface area contributed by atoms with Crippen LogP contribution in [0, 0.1) is 0 Å². The summed E-state index contributed by atoms with van der Waals surface area (Å²) in [4.78, 5) is 15.2. The van der Waals surface area contributed by atoms with Crippen LogP contribution in [0.15, 0.2) is 0 Å². The maximum atomic E-state index is 9.35. The molecule has 2 radical (unpaired) electrons. The zero-order valence-corrected chi connectivity index (χ0v) is 7.30. The van der Waals surface area contributed by atoms with Crippen molar-refractivity contribution in [1.82, 2.24) is 0 Å². The van der Waals surface area contributed by atoms with Crippen LogP contribution in [0.5, 0.6) is 0 Å². The Bertz CT molecular complexity index is 75.8. The Morgan fingerprint density at radius 3 is 1.71 bits per heavy atom. The number of hydrogen-bond donors (Lipinski definition) is 2. The molecule has 0 saturated carbocycles.